The van der Waals surface area contributed by atoms with Crippen LogP contribution in [0.25, 0.3) is 0 Å². The number of halogens is 1. The second kappa shape index (κ2) is 10.8. The molecule has 2 atom stereocenters. The first kappa shape index (κ1) is 25.3. The molecule has 35 heavy (non-hydrogen) atoms. The van der Waals surface area contributed by atoms with E-state index in [1.54, 1.807) is 10.1 Å². The first-order valence-corrected chi connectivity index (χ1v) is 13.4. The Kier molecular flexibility index (Phi) is 7.84. The molecule has 0 aliphatic carbocycles. The summed E-state index contributed by atoms with van der Waals surface area (Å²) in [5.41, 5.74) is 9.72. The van der Waals surface area contributed by atoms with Gasteiger partial charge in [-0.3, -0.25) is 19.3 Å². The Labute approximate surface area is 218 Å². The van der Waals surface area contributed by atoms with E-state index >= 15 is 0 Å². The third kappa shape index (κ3) is 5.24. The van der Waals surface area contributed by atoms with E-state index in [2.05, 4.69) is 20.9 Å². The van der Waals surface area contributed by atoms with Crippen LogP contribution in [0, 0.1) is 0 Å². The standard InChI is InChI=1S/C20H20ClN7O4S3/c1-23-27-5-3-11(4-6-27)33-7-10-8-34-19-14(18(31)28(19)15(10)16(21)29)25-17(30)13(26-32-2)12-9-35-20(22)24-12/h3-6,9,14,19,23H,7-8H2,1-2H3,(H2-,22,24,25,30)/p+1/t14-,19-/m1/s1. The van der Waals surface area contributed by atoms with Crippen LogP contribution in [-0.4, -0.2) is 69.7 Å². The number of hydrogen-bond donors (Lipinski definition) is 3. The zero-order chi connectivity index (χ0) is 25.1. The highest BCUT2D eigenvalue weighted by molar-refractivity contribution is 8.01. The summed E-state index contributed by atoms with van der Waals surface area (Å²) in [6, 6.07) is 3.04. The molecule has 0 bridgehead atoms. The number of thioether (sulfide) groups is 2. The van der Waals surface area contributed by atoms with Gasteiger partial charge >= 0.3 is 0 Å². The molecule has 184 valence electrons. The van der Waals surface area contributed by atoms with Gasteiger partial charge in [0, 0.05) is 33.9 Å². The second-order valence-electron chi connectivity index (χ2n) is 7.23. The van der Waals surface area contributed by atoms with Crippen molar-refractivity contribution in [1.82, 2.24) is 15.2 Å². The number of pyridine rings is 1. The van der Waals surface area contributed by atoms with E-state index in [9.17, 15) is 14.4 Å². The van der Waals surface area contributed by atoms with Crippen molar-refractivity contribution in [3.63, 3.8) is 0 Å². The number of nitrogen functional groups attached to an aromatic ring is 1. The predicted octanol–water partition coefficient (Wildman–Crippen LogP) is 0.748. The topological polar surface area (TPSA) is 143 Å². The van der Waals surface area contributed by atoms with Crippen molar-refractivity contribution in [1.29, 1.82) is 0 Å². The molecule has 0 aromatic carbocycles. The van der Waals surface area contributed by atoms with E-state index in [0.29, 0.717) is 11.5 Å². The molecule has 2 aliphatic heterocycles. The largest absolute Gasteiger partial charge is 0.398 e. The van der Waals surface area contributed by atoms with Crippen LogP contribution in [0.2, 0.25) is 0 Å². The highest BCUT2D eigenvalue weighted by atomic mass is 35.5. The van der Waals surface area contributed by atoms with Crippen LogP contribution in [0.4, 0.5) is 5.13 Å². The quantitative estimate of drug-likeness (QED) is 0.102. The molecule has 1 saturated heterocycles. The third-order valence-electron chi connectivity index (χ3n) is 5.15. The number of allylic oxidation sites excluding steroid dienone is 1. The van der Waals surface area contributed by atoms with Crippen molar-refractivity contribution >= 4 is 74.4 Å². The molecule has 2 amide bonds. The van der Waals surface area contributed by atoms with Crippen molar-refractivity contribution in [2.24, 2.45) is 5.16 Å². The van der Waals surface area contributed by atoms with E-state index < -0.39 is 28.5 Å². The van der Waals surface area contributed by atoms with Crippen LogP contribution >= 0.6 is 46.5 Å². The summed E-state index contributed by atoms with van der Waals surface area (Å²) in [6.07, 6.45) is 3.76. The lowest BCUT2D eigenvalue weighted by Gasteiger charge is -2.49. The number of aromatic nitrogens is 2. The summed E-state index contributed by atoms with van der Waals surface area (Å²) < 4.78 is 1.80. The number of hydrogen-bond acceptors (Lipinski definition) is 11. The number of nitrogens with zero attached hydrogens (tertiary/aromatic N) is 4. The molecule has 0 unspecified atom stereocenters. The molecule has 2 aromatic heterocycles. The molecule has 4 rings (SSSR count). The number of oxime groups is 1. The number of nitrogens with one attached hydrogen (secondary N) is 2. The zero-order valence-electron chi connectivity index (χ0n) is 18.6. The predicted molar refractivity (Wildman–Crippen MR) is 136 cm³/mol. The number of anilines is 1. The highest BCUT2D eigenvalue weighted by Crippen LogP contribution is 2.42. The molecule has 0 radical (unpaired) electrons. The number of thiazole rings is 1. The molecular formula is C20H21ClN7O4S3+. The van der Waals surface area contributed by atoms with Crippen molar-refractivity contribution < 1.29 is 23.9 Å². The van der Waals surface area contributed by atoms with Crippen molar-refractivity contribution in [2.75, 3.05) is 36.8 Å². The van der Waals surface area contributed by atoms with Gasteiger partial charge in [0.1, 0.15) is 29.9 Å². The molecule has 0 spiro atoms. The fraction of sp³-hybridized carbons (Fsp3) is 0.300. The van der Waals surface area contributed by atoms with Crippen LogP contribution in [0.1, 0.15) is 5.69 Å². The summed E-state index contributed by atoms with van der Waals surface area (Å²) in [7, 11) is 3.11. The van der Waals surface area contributed by atoms with Gasteiger partial charge in [-0.05, 0) is 17.2 Å². The normalized spacial score (nSPS) is 19.7. The molecule has 15 heteroatoms. The molecule has 2 aliphatic rings. The molecular weight excluding hydrogens is 534 g/mol. The SMILES string of the molecule is CN[n+]1ccc(SCC2=C(C(=O)Cl)N3C(=O)[C@@H](NC(=O)C(=NOC)c4csc(N)n4)[C@H]3SC2)cc1. The monoisotopic (exact) mass is 554 g/mol. The molecule has 4 N–H and O–H groups in total. The lowest BCUT2D eigenvalue weighted by Crippen LogP contribution is -2.71. The lowest BCUT2D eigenvalue weighted by molar-refractivity contribution is -0.647. The Morgan fingerprint density at radius 3 is 2.77 bits per heavy atom. The zero-order valence-corrected chi connectivity index (χ0v) is 21.8. The average molecular weight is 555 g/mol. The maximum Gasteiger partial charge on any atom is 0.276 e. The smallest absolute Gasteiger partial charge is 0.276 e. The minimum atomic E-state index is -0.850. The number of fused-ring (bicyclic) bond motifs is 1. The van der Waals surface area contributed by atoms with E-state index in [-0.39, 0.29) is 22.2 Å². The minimum absolute atomic E-state index is 0.101. The van der Waals surface area contributed by atoms with Gasteiger partial charge in [-0.15, -0.1) is 34.9 Å². The Bertz CT molecular complexity index is 1220. The van der Waals surface area contributed by atoms with Gasteiger partial charge < -0.3 is 15.9 Å². The van der Waals surface area contributed by atoms with Gasteiger partial charge in [0.25, 0.3) is 17.1 Å². The number of carbonyl (C=O) groups excluding carboxylic acids is 3. The van der Waals surface area contributed by atoms with Gasteiger partial charge in [-0.1, -0.05) is 9.83 Å². The summed E-state index contributed by atoms with van der Waals surface area (Å²) in [5.74, 6) is -0.0745. The number of carbonyl (C=O) groups is 3. The van der Waals surface area contributed by atoms with Crippen LogP contribution in [-0.2, 0) is 19.2 Å². The van der Waals surface area contributed by atoms with Gasteiger partial charge in [-0.25, -0.2) is 4.98 Å². The van der Waals surface area contributed by atoms with E-state index in [4.69, 9.17) is 22.2 Å². The Balaban J connectivity index is 1.47. The van der Waals surface area contributed by atoms with Crippen LogP contribution in [0.5, 0.6) is 0 Å². The maximum atomic E-state index is 13.0. The first-order chi connectivity index (χ1) is 16.8. The van der Waals surface area contributed by atoms with Crippen molar-refractivity contribution in [3.05, 3.63) is 46.9 Å². The Morgan fingerprint density at radius 1 is 1.43 bits per heavy atom. The van der Waals surface area contributed by atoms with E-state index in [1.807, 2.05) is 31.6 Å². The number of β-lactam (4-membered cyclic amide) rings is 1. The van der Waals surface area contributed by atoms with Gasteiger partial charge in [0.05, 0.1) is 7.05 Å². The molecule has 2 aromatic rings. The molecule has 1 fully saturated rings. The van der Waals surface area contributed by atoms with Crippen LogP contribution < -0.4 is 21.2 Å². The van der Waals surface area contributed by atoms with Crippen molar-refractivity contribution in [3.8, 4) is 0 Å². The summed E-state index contributed by atoms with van der Waals surface area (Å²) in [6.45, 7) is 0. The Morgan fingerprint density at radius 2 is 2.17 bits per heavy atom. The molecule has 11 nitrogen and oxygen atoms in total. The van der Waals surface area contributed by atoms with E-state index in [0.717, 1.165) is 21.8 Å². The average Bonchev–Trinajstić information content (AvgIpc) is 3.29. The number of rotatable bonds is 9. The third-order valence-corrected chi connectivity index (χ3v) is 8.44. The van der Waals surface area contributed by atoms with E-state index in [1.165, 1.54) is 35.5 Å². The summed E-state index contributed by atoms with van der Waals surface area (Å²) in [5, 5.41) is 7.08. The minimum Gasteiger partial charge on any atom is -0.398 e. The lowest BCUT2D eigenvalue weighted by atomic mass is 10.0. The number of nitrogens with two attached hydrogens (primary N) is 1. The molecule has 0 saturated carbocycles. The second-order valence-corrected chi connectivity index (χ2v) is 10.6. The fourth-order valence-corrected chi connectivity index (χ4v) is 6.65. The van der Waals surface area contributed by atoms with Crippen LogP contribution in [0.15, 0.2) is 51.2 Å². The fourth-order valence-electron chi connectivity index (χ4n) is 3.50. The first-order valence-electron chi connectivity index (χ1n) is 10.2. The highest BCUT2D eigenvalue weighted by Gasteiger charge is 2.54. The Hall–Kier alpha value is -2.81. The van der Waals surface area contributed by atoms with Crippen molar-refractivity contribution in [2.45, 2.75) is 16.3 Å². The summed E-state index contributed by atoms with van der Waals surface area (Å²) >= 11 is 10.0. The molecule has 4 heterocycles. The summed E-state index contributed by atoms with van der Waals surface area (Å²) in [4.78, 5) is 49.3. The number of amides is 2. The van der Waals surface area contributed by atoms with Gasteiger partial charge in [0.2, 0.25) is 12.4 Å². The maximum absolute atomic E-state index is 13.0. The van der Waals surface area contributed by atoms with Crippen LogP contribution in [0.3, 0.4) is 0 Å². The van der Waals surface area contributed by atoms with Gasteiger partial charge in [-0.2, -0.15) is 5.43 Å². The van der Waals surface area contributed by atoms with Gasteiger partial charge in [0.15, 0.2) is 10.8 Å².